The van der Waals surface area contributed by atoms with Crippen LogP contribution >= 0.6 is 15.9 Å². The zero-order valence-corrected chi connectivity index (χ0v) is 11.3. The Bertz CT molecular complexity index is 289. The minimum atomic E-state index is -5.45. The predicted octanol–water partition coefficient (Wildman–Crippen LogP) is 3.58. The van der Waals surface area contributed by atoms with Crippen molar-refractivity contribution in [3.05, 3.63) is 0 Å². The highest BCUT2D eigenvalue weighted by Crippen LogP contribution is 2.43. The second-order valence-electron chi connectivity index (χ2n) is 4.40. The molecule has 0 radical (unpaired) electrons. The van der Waals surface area contributed by atoms with Gasteiger partial charge in [0.15, 0.2) is 0 Å². The molecule has 0 aliphatic rings. The lowest BCUT2D eigenvalue weighted by Gasteiger charge is -2.31. The molecule has 116 valence electrons. The SMILES string of the molecule is CC(CO)(CBr)COC(F)(F)C(F)(F)CC(F)(F)F. The third kappa shape index (κ3) is 5.82. The van der Waals surface area contributed by atoms with Gasteiger partial charge in [-0.15, -0.1) is 0 Å². The molecular weight excluding hydrogens is 353 g/mol. The highest BCUT2D eigenvalue weighted by atomic mass is 79.9. The van der Waals surface area contributed by atoms with E-state index in [1.807, 2.05) is 0 Å². The largest absolute Gasteiger partial charge is 0.419 e. The van der Waals surface area contributed by atoms with E-state index in [1.54, 1.807) is 0 Å². The third-order valence-electron chi connectivity index (χ3n) is 2.15. The lowest BCUT2D eigenvalue weighted by molar-refractivity contribution is -0.370. The molecule has 0 aromatic heterocycles. The number of alkyl halides is 8. The predicted molar refractivity (Wildman–Crippen MR) is 55.5 cm³/mol. The van der Waals surface area contributed by atoms with Gasteiger partial charge < -0.3 is 9.84 Å². The summed E-state index contributed by atoms with van der Waals surface area (Å²) in [5.74, 6) is -5.38. The van der Waals surface area contributed by atoms with Gasteiger partial charge in [-0.05, 0) is 0 Å². The van der Waals surface area contributed by atoms with Crippen molar-refractivity contribution in [2.24, 2.45) is 5.41 Å². The molecular formula is C9H12BrF7O2. The first-order valence-corrected chi connectivity index (χ1v) is 6.04. The number of ether oxygens (including phenoxy) is 1. The number of rotatable bonds is 7. The molecule has 1 unspecified atom stereocenters. The van der Waals surface area contributed by atoms with Crippen LogP contribution in [0.15, 0.2) is 0 Å². The van der Waals surface area contributed by atoms with Crippen LogP contribution in [0.25, 0.3) is 0 Å². The Morgan fingerprint density at radius 1 is 1.05 bits per heavy atom. The first-order chi connectivity index (χ1) is 8.29. The van der Waals surface area contributed by atoms with E-state index in [4.69, 9.17) is 5.11 Å². The quantitative estimate of drug-likeness (QED) is 0.552. The van der Waals surface area contributed by atoms with E-state index in [9.17, 15) is 30.7 Å². The van der Waals surface area contributed by atoms with Crippen molar-refractivity contribution >= 4 is 15.9 Å². The van der Waals surface area contributed by atoms with E-state index in [-0.39, 0.29) is 5.33 Å². The molecule has 0 aromatic rings. The number of aliphatic hydroxyl groups excluding tert-OH is 1. The average molecular weight is 365 g/mol. The number of halogens is 8. The van der Waals surface area contributed by atoms with Crippen molar-refractivity contribution in [2.75, 3.05) is 18.5 Å². The summed E-state index contributed by atoms with van der Waals surface area (Å²) in [5, 5.41) is 8.79. The van der Waals surface area contributed by atoms with Crippen molar-refractivity contribution in [2.45, 2.75) is 31.6 Å². The van der Waals surface area contributed by atoms with Gasteiger partial charge in [-0.1, -0.05) is 22.9 Å². The standard InChI is InChI=1S/C9H12BrF7O2/c1-6(3-10,4-18)5-19-9(16,17)7(11,12)2-8(13,14)15/h18H,2-5H2,1H3. The summed E-state index contributed by atoms with van der Waals surface area (Å²) in [5.41, 5.74) is -1.31. The van der Waals surface area contributed by atoms with Gasteiger partial charge in [0.05, 0.1) is 13.2 Å². The average Bonchev–Trinajstić information content (AvgIpc) is 2.22. The van der Waals surface area contributed by atoms with Crippen LogP contribution in [-0.4, -0.2) is 41.9 Å². The molecule has 10 heteroatoms. The molecule has 0 aliphatic heterocycles. The van der Waals surface area contributed by atoms with Gasteiger partial charge in [0.1, 0.15) is 6.42 Å². The second-order valence-corrected chi connectivity index (χ2v) is 4.96. The Labute approximate surface area is 113 Å². The minimum absolute atomic E-state index is 0.0581. The van der Waals surface area contributed by atoms with Crippen LogP contribution in [0.5, 0.6) is 0 Å². The number of aliphatic hydroxyl groups is 1. The lowest BCUT2D eigenvalue weighted by Crippen LogP contribution is -2.47. The number of hydrogen-bond acceptors (Lipinski definition) is 2. The maximum absolute atomic E-state index is 13.0. The zero-order chi connectivity index (χ0) is 15.5. The van der Waals surface area contributed by atoms with Crippen molar-refractivity contribution in [1.29, 1.82) is 0 Å². The molecule has 0 rings (SSSR count). The second kappa shape index (κ2) is 6.13. The summed E-state index contributed by atoms with van der Waals surface area (Å²) in [6.07, 6.45) is -13.7. The minimum Gasteiger partial charge on any atom is -0.396 e. The highest BCUT2D eigenvalue weighted by Gasteiger charge is 2.62. The maximum atomic E-state index is 13.0. The van der Waals surface area contributed by atoms with Crippen molar-refractivity contribution < 1.29 is 40.6 Å². The first kappa shape index (κ1) is 18.9. The van der Waals surface area contributed by atoms with Gasteiger partial charge in [-0.25, -0.2) is 0 Å². The van der Waals surface area contributed by atoms with Crippen molar-refractivity contribution in [1.82, 2.24) is 0 Å². The van der Waals surface area contributed by atoms with E-state index < -0.39 is 43.3 Å². The molecule has 2 nitrogen and oxygen atoms in total. The molecule has 0 amide bonds. The van der Waals surface area contributed by atoms with Crippen molar-refractivity contribution in [3.8, 4) is 0 Å². The first-order valence-electron chi connectivity index (χ1n) is 4.92. The van der Waals surface area contributed by atoms with E-state index in [1.165, 1.54) is 6.92 Å². The van der Waals surface area contributed by atoms with Gasteiger partial charge in [0.25, 0.3) is 0 Å². The fourth-order valence-electron chi connectivity index (χ4n) is 0.852. The van der Waals surface area contributed by atoms with Crippen LogP contribution in [0.1, 0.15) is 13.3 Å². The Kier molecular flexibility index (Phi) is 6.10. The maximum Gasteiger partial charge on any atom is 0.419 e. The molecule has 0 aromatic carbocycles. The Morgan fingerprint density at radius 2 is 1.53 bits per heavy atom. The van der Waals surface area contributed by atoms with Crippen LogP contribution in [-0.2, 0) is 4.74 Å². The molecule has 0 spiro atoms. The van der Waals surface area contributed by atoms with Crippen LogP contribution in [0.2, 0.25) is 0 Å². The Morgan fingerprint density at radius 3 is 1.84 bits per heavy atom. The monoisotopic (exact) mass is 364 g/mol. The van der Waals surface area contributed by atoms with Gasteiger partial charge in [-0.2, -0.15) is 30.7 Å². The molecule has 0 bridgehead atoms. The Balaban J connectivity index is 4.78. The van der Waals surface area contributed by atoms with Crippen LogP contribution < -0.4 is 0 Å². The lowest BCUT2D eigenvalue weighted by atomic mass is 9.96. The fourth-order valence-corrected chi connectivity index (χ4v) is 1.19. The van der Waals surface area contributed by atoms with Gasteiger partial charge in [0, 0.05) is 10.7 Å². The van der Waals surface area contributed by atoms with Crippen molar-refractivity contribution in [3.63, 3.8) is 0 Å². The molecule has 1 atom stereocenters. The summed E-state index contributed by atoms with van der Waals surface area (Å²) in [6.45, 7) is -0.464. The molecule has 0 saturated carbocycles. The molecule has 0 heterocycles. The summed E-state index contributed by atoms with van der Waals surface area (Å²) in [6, 6.07) is 0. The van der Waals surface area contributed by atoms with E-state index in [0.29, 0.717) is 0 Å². The Hall–Kier alpha value is -0.0900. The molecule has 0 fully saturated rings. The van der Waals surface area contributed by atoms with Gasteiger partial charge >= 0.3 is 18.2 Å². The smallest absolute Gasteiger partial charge is 0.396 e. The topological polar surface area (TPSA) is 29.5 Å². The molecule has 0 aliphatic carbocycles. The number of hydrogen-bond donors (Lipinski definition) is 1. The summed E-state index contributed by atoms with van der Waals surface area (Å²) < 4.78 is 90.5. The van der Waals surface area contributed by atoms with Gasteiger partial charge in [0.2, 0.25) is 0 Å². The normalized spacial score (nSPS) is 17.4. The molecule has 0 saturated heterocycles. The third-order valence-corrected chi connectivity index (χ3v) is 3.51. The van der Waals surface area contributed by atoms with Crippen LogP contribution in [0, 0.1) is 5.41 Å². The van der Waals surface area contributed by atoms with E-state index >= 15 is 0 Å². The summed E-state index contributed by atoms with van der Waals surface area (Å²) in [4.78, 5) is 0. The van der Waals surface area contributed by atoms with E-state index in [0.717, 1.165) is 0 Å². The van der Waals surface area contributed by atoms with Crippen LogP contribution in [0.4, 0.5) is 30.7 Å². The zero-order valence-electron chi connectivity index (χ0n) is 9.71. The molecule has 1 N–H and O–H groups in total. The van der Waals surface area contributed by atoms with E-state index in [2.05, 4.69) is 20.7 Å². The fraction of sp³-hybridized carbons (Fsp3) is 1.00. The highest BCUT2D eigenvalue weighted by molar-refractivity contribution is 9.09. The van der Waals surface area contributed by atoms with Gasteiger partial charge in [-0.3, -0.25) is 0 Å². The summed E-state index contributed by atoms with van der Waals surface area (Å²) >= 11 is 2.85. The molecule has 19 heavy (non-hydrogen) atoms. The summed E-state index contributed by atoms with van der Waals surface area (Å²) in [7, 11) is 0. The van der Waals surface area contributed by atoms with Crippen LogP contribution in [0.3, 0.4) is 0 Å².